The molecule has 0 fully saturated rings. The lowest BCUT2D eigenvalue weighted by atomic mass is 9.91. The number of aryl methyl sites for hydroxylation is 1. The van der Waals surface area contributed by atoms with Crippen LogP contribution in [0.2, 0.25) is 0 Å². The first-order chi connectivity index (χ1) is 15.5. The summed E-state index contributed by atoms with van der Waals surface area (Å²) in [5, 5.41) is 0. The van der Waals surface area contributed by atoms with Crippen LogP contribution in [0.5, 0.6) is 5.75 Å². The fourth-order valence-electron chi connectivity index (χ4n) is 2.97. The van der Waals surface area contributed by atoms with E-state index in [-0.39, 0.29) is 10.6 Å². The van der Waals surface area contributed by atoms with Crippen LogP contribution in [0.4, 0.5) is 0 Å². The van der Waals surface area contributed by atoms with E-state index in [1.165, 1.54) is 36.4 Å². The van der Waals surface area contributed by atoms with Crippen molar-refractivity contribution in [2.24, 2.45) is 5.73 Å². The second-order valence-electron chi connectivity index (χ2n) is 9.99. The van der Waals surface area contributed by atoms with E-state index in [1.54, 1.807) is 53.7 Å². The lowest BCUT2D eigenvalue weighted by Gasteiger charge is -2.29. The normalized spacial score (nSPS) is 14.1. The number of carbonyl (C=O) groups is 2. The SMILES string of the molecule is Cc1ccc(S(=O)(=O)Oc2ccc(C(C(=O)OC(C)(C)C)C(N)C(=O)OC(C)(C)C)cc2)cc1. The summed E-state index contributed by atoms with van der Waals surface area (Å²) in [7, 11) is -4.04. The van der Waals surface area contributed by atoms with E-state index in [9.17, 15) is 18.0 Å². The van der Waals surface area contributed by atoms with Crippen LogP contribution in [-0.4, -0.2) is 37.6 Å². The number of nitrogens with two attached hydrogens (primary N) is 1. The van der Waals surface area contributed by atoms with Gasteiger partial charge in [-0.3, -0.25) is 9.59 Å². The topological polar surface area (TPSA) is 122 Å². The molecule has 34 heavy (non-hydrogen) atoms. The van der Waals surface area contributed by atoms with Gasteiger partial charge in [0.05, 0.1) is 0 Å². The summed E-state index contributed by atoms with van der Waals surface area (Å²) in [4.78, 5) is 25.6. The van der Waals surface area contributed by atoms with Gasteiger partial charge in [-0.2, -0.15) is 8.42 Å². The average Bonchev–Trinajstić information content (AvgIpc) is 2.67. The zero-order valence-electron chi connectivity index (χ0n) is 20.6. The molecule has 2 N–H and O–H groups in total. The van der Waals surface area contributed by atoms with Gasteiger partial charge in [0.2, 0.25) is 0 Å². The first kappa shape index (κ1) is 27.3. The van der Waals surface area contributed by atoms with Crippen LogP contribution >= 0.6 is 0 Å². The summed E-state index contributed by atoms with van der Waals surface area (Å²) >= 11 is 0. The molecule has 0 radical (unpaired) electrons. The maximum atomic E-state index is 13.0. The van der Waals surface area contributed by atoms with Gasteiger partial charge in [0.25, 0.3) is 0 Å². The van der Waals surface area contributed by atoms with Gasteiger partial charge in [-0.1, -0.05) is 29.8 Å². The summed E-state index contributed by atoms with van der Waals surface area (Å²) in [6, 6.07) is 10.6. The molecule has 2 aromatic rings. The first-order valence-electron chi connectivity index (χ1n) is 10.8. The molecule has 0 aromatic heterocycles. The molecule has 0 aliphatic carbocycles. The number of esters is 2. The van der Waals surface area contributed by atoms with Gasteiger partial charge in [-0.25, -0.2) is 0 Å². The van der Waals surface area contributed by atoms with Crippen molar-refractivity contribution < 1.29 is 31.7 Å². The van der Waals surface area contributed by atoms with E-state index in [0.717, 1.165) is 5.56 Å². The van der Waals surface area contributed by atoms with Crippen LogP contribution in [-0.2, 0) is 29.2 Å². The molecule has 2 unspecified atom stereocenters. The van der Waals surface area contributed by atoms with Crippen molar-refractivity contribution in [2.75, 3.05) is 0 Å². The molecule has 0 bridgehead atoms. The van der Waals surface area contributed by atoms with Gasteiger partial charge < -0.3 is 19.4 Å². The van der Waals surface area contributed by atoms with E-state index >= 15 is 0 Å². The van der Waals surface area contributed by atoms with Crippen molar-refractivity contribution in [1.82, 2.24) is 0 Å². The van der Waals surface area contributed by atoms with Crippen LogP contribution in [0.15, 0.2) is 53.4 Å². The van der Waals surface area contributed by atoms with E-state index in [2.05, 4.69) is 0 Å². The van der Waals surface area contributed by atoms with E-state index in [0.29, 0.717) is 5.56 Å². The Kier molecular flexibility index (Phi) is 8.16. The van der Waals surface area contributed by atoms with Gasteiger partial charge in [-0.15, -0.1) is 0 Å². The highest BCUT2D eigenvalue weighted by Crippen LogP contribution is 2.28. The van der Waals surface area contributed by atoms with Crippen LogP contribution in [0.1, 0.15) is 58.6 Å². The Morgan fingerprint density at radius 1 is 0.794 bits per heavy atom. The number of ether oxygens (including phenoxy) is 2. The molecule has 0 saturated heterocycles. The Labute approximate surface area is 201 Å². The molecule has 0 spiro atoms. The van der Waals surface area contributed by atoms with Gasteiger partial charge in [0, 0.05) is 0 Å². The lowest BCUT2D eigenvalue weighted by Crippen LogP contribution is -2.45. The van der Waals surface area contributed by atoms with Crippen LogP contribution in [0.3, 0.4) is 0 Å². The molecule has 0 saturated carbocycles. The molecule has 0 heterocycles. The third kappa shape index (κ3) is 7.85. The van der Waals surface area contributed by atoms with E-state index in [1.807, 2.05) is 6.92 Å². The molecule has 0 aliphatic rings. The van der Waals surface area contributed by atoms with Crippen molar-refractivity contribution in [2.45, 2.75) is 76.5 Å². The summed E-state index contributed by atoms with van der Waals surface area (Å²) in [5.41, 5.74) is 5.81. The monoisotopic (exact) mass is 491 g/mol. The average molecular weight is 492 g/mol. The highest BCUT2D eigenvalue weighted by Gasteiger charge is 2.38. The van der Waals surface area contributed by atoms with Crippen LogP contribution < -0.4 is 9.92 Å². The Balaban J connectivity index is 2.33. The molecule has 186 valence electrons. The van der Waals surface area contributed by atoms with E-state index in [4.69, 9.17) is 19.4 Å². The van der Waals surface area contributed by atoms with Gasteiger partial charge in [-0.05, 0) is 78.3 Å². The molecule has 2 atom stereocenters. The molecule has 2 aromatic carbocycles. The highest BCUT2D eigenvalue weighted by atomic mass is 32.2. The standard InChI is InChI=1S/C25H33NO7S/c1-16-8-14-19(15-9-16)34(29,30)33-18-12-10-17(11-13-18)20(22(27)31-24(2,3)4)21(26)23(28)32-25(5,6)7/h8-15,20-21H,26H2,1-7H3. The molecular weight excluding hydrogens is 458 g/mol. The maximum Gasteiger partial charge on any atom is 0.339 e. The minimum atomic E-state index is -4.04. The van der Waals surface area contributed by atoms with Crippen LogP contribution in [0.25, 0.3) is 0 Å². The molecule has 2 rings (SSSR count). The molecule has 9 heteroatoms. The van der Waals surface area contributed by atoms with Crippen LogP contribution in [0, 0.1) is 6.92 Å². The molecular formula is C25H33NO7S. The second-order valence-corrected chi connectivity index (χ2v) is 11.5. The number of benzene rings is 2. The van der Waals surface area contributed by atoms with Gasteiger partial charge in [0.1, 0.15) is 33.8 Å². The highest BCUT2D eigenvalue weighted by molar-refractivity contribution is 7.87. The quantitative estimate of drug-likeness (QED) is 0.458. The maximum absolute atomic E-state index is 13.0. The van der Waals surface area contributed by atoms with Crippen molar-refractivity contribution >= 4 is 22.1 Å². The minimum absolute atomic E-state index is 0.0146. The van der Waals surface area contributed by atoms with Crippen molar-refractivity contribution in [3.63, 3.8) is 0 Å². The van der Waals surface area contributed by atoms with Crippen molar-refractivity contribution in [3.05, 3.63) is 59.7 Å². The third-order valence-electron chi connectivity index (χ3n) is 4.45. The number of hydrogen-bond donors (Lipinski definition) is 1. The lowest BCUT2D eigenvalue weighted by molar-refractivity contribution is -0.165. The Morgan fingerprint density at radius 2 is 1.26 bits per heavy atom. The summed E-state index contributed by atoms with van der Waals surface area (Å²) in [5.74, 6) is -2.59. The summed E-state index contributed by atoms with van der Waals surface area (Å²) in [6.07, 6.45) is 0. The van der Waals surface area contributed by atoms with Gasteiger partial charge in [0.15, 0.2) is 0 Å². The Hall–Kier alpha value is -2.91. The minimum Gasteiger partial charge on any atom is -0.459 e. The second kappa shape index (κ2) is 10.1. The molecule has 0 aliphatic heterocycles. The first-order valence-corrected chi connectivity index (χ1v) is 12.2. The smallest absolute Gasteiger partial charge is 0.339 e. The number of hydrogen-bond acceptors (Lipinski definition) is 8. The van der Waals surface area contributed by atoms with E-state index < -0.39 is 45.2 Å². The number of carbonyl (C=O) groups excluding carboxylic acids is 2. The largest absolute Gasteiger partial charge is 0.459 e. The fraction of sp³-hybridized carbons (Fsp3) is 0.440. The summed E-state index contributed by atoms with van der Waals surface area (Å²) in [6.45, 7) is 12.0. The zero-order chi connectivity index (χ0) is 25.9. The predicted octanol–water partition coefficient (Wildman–Crippen LogP) is 3.86. The van der Waals surface area contributed by atoms with Crippen molar-refractivity contribution in [3.8, 4) is 5.75 Å². The number of rotatable bonds is 7. The predicted molar refractivity (Wildman–Crippen MR) is 128 cm³/mol. The van der Waals surface area contributed by atoms with Gasteiger partial charge >= 0.3 is 22.1 Å². The molecule has 0 amide bonds. The molecule has 8 nitrogen and oxygen atoms in total. The third-order valence-corrected chi connectivity index (χ3v) is 5.71. The zero-order valence-corrected chi connectivity index (χ0v) is 21.4. The Bertz CT molecular complexity index is 1110. The Morgan fingerprint density at radius 3 is 1.74 bits per heavy atom. The van der Waals surface area contributed by atoms with Crippen molar-refractivity contribution in [1.29, 1.82) is 0 Å². The fourth-order valence-corrected chi connectivity index (χ4v) is 3.90. The summed E-state index contributed by atoms with van der Waals surface area (Å²) < 4.78 is 41.1.